The molecule has 0 fully saturated rings. The number of amidine groups is 1. The summed E-state index contributed by atoms with van der Waals surface area (Å²) in [4.78, 5) is 6.44. The van der Waals surface area contributed by atoms with Gasteiger partial charge >= 0.3 is 0 Å². The Morgan fingerprint density at radius 1 is 1.19 bits per heavy atom. The van der Waals surface area contributed by atoms with E-state index in [4.69, 9.17) is 17.6 Å². The quantitative estimate of drug-likeness (QED) is 0.485. The van der Waals surface area contributed by atoms with Crippen LogP contribution in [0.15, 0.2) is 26.3 Å². The van der Waals surface area contributed by atoms with Crippen molar-refractivity contribution >= 4 is 43.5 Å². The Morgan fingerprint density at radius 2 is 2.04 bits per heavy atom. The maximum absolute atomic E-state index is 5.39. The van der Waals surface area contributed by atoms with Crippen LogP contribution in [0.1, 0.15) is 34.4 Å². The van der Waals surface area contributed by atoms with Gasteiger partial charge in [-0.2, -0.15) is 3.15 Å². The van der Waals surface area contributed by atoms with Crippen LogP contribution in [0, 0.1) is 0 Å². The number of hydrogen-bond donors (Lipinski definition) is 1. The van der Waals surface area contributed by atoms with Gasteiger partial charge < -0.3 is 13.0 Å². The maximum Gasteiger partial charge on any atom is 0.160 e. The molecule has 1 aromatic heterocycles. The van der Waals surface area contributed by atoms with Crippen molar-refractivity contribution in [3.8, 4) is 11.5 Å². The first-order valence-electron chi connectivity index (χ1n) is 8.80. The Hall–Kier alpha value is -1.48. The van der Waals surface area contributed by atoms with Crippen LogP contribution in [-0.4, -0.2) is 26.6 Å². The highest BCUT2D eigenvalue weighted by Gasteiger charge is 2.25. The van der Waals surface area contributed by atoms with E-state index in [1.807, 2.05) is 23.5 Å². The molecule has 0 atom stereocenters. The molecule has 1 aromatic carbocycles. The average Bonchev–Trinajstić information content (AvgIpc) is 3.07. The van der Waals surface area contributed by atoms with Gasteiger partial charge in [-0.05, 0) is 55.4 Å². The molecular formula is C19H22IN3O2S. The number of fused-ring (bicyclic) bond motifs is 3. The van der Waals surface area contributed by atoms with Gasteiger partial charge in [-0.25, -0.2) is 0 Å². The summed E-state index contributed by atoms with van der Waals surface area (Å²) in [5.41, 5.74) is 4.00. The van der Waals surface area contributed by atoms with Crippen LogP contribution in [0.3, 0.4) is 0 Å². The van der Waals surface area contributed by atoms with E-state index in [0.29, 0.717) is 0 Å². The first-order chi connectivity index (χ1) is 12.8. The molecule has 1 aliphatic carbocycles. The summed E-state index contributed by atoms with van der Waals surface area (Å²) in [6.45, 7) is 0.756. The molecule has 0 saturated carbocycles. The summed E-state index contributed by atoms with van der Waals surface area (Å²) in [6.07, 6.45) is 5.85. The molecule has 0 amide bonds. The lowest BCUT2D eigenvalue weighted by Crippen LogP contribution is -2.19. The largest absolute Gasteiger partial charge is 0.493 e. The average molecular weight is 483 g/mol. The first-order valence-corrected chi connectivity index (χ1v) is 11.7. The van der Waals surface area contributed by atoms with Crippen molar-refractivity contribution in [3.63, 3.8) is 0 Å². The van der Waals surface area contributed by atoms with Crippen molar-refractivity contribution in [2.45, 2.75) is 32.1 Å². The minimum absolute atomic E-state index is 0.374. The highest BCUT2D eigenvalue weighted by atomic mass is 127. The third-order valence-corrected chi connectivity index (χ3v) is 7.75. The molecule has 4 rings (SSSR count). The van der Waals surface area contributed by atoms with E-state index >= 15 is 0 Å². The standard InChI is InChI=1S/C19H22IN3O2S/c1-24-14-8-7-12(11-15(14)25-2)9-10-21-18-17-13-5-3-4-6-16(13)26-19(17)23-20-22-18/h7-8,11H,3-6,9-10H2,1-2H3,(H,21,22,23). The Kier molecular flexibility index (Phi) is 5.54. The Morgan fingerprint density at radius 3 is 2.88 bits per heavy atom. The number of nitrogens with zero attached hydrogens (tertiary/aromatic N) is 2. The van der Waals surface area contributed by atoms with Crippen LogP contribution in [0.2, 0.25) is 0 Å². The molecule has 0 spiro atoms. The van der Waals surface area contributed by atoms with Crippen molar-refractivity contribution in [3.05, 3.63) is 39.8 Å². The van der Waals surface area contributed by atoms with Gasteiger partial charge in [0.2, 0.25) is 0 Å². The monoisotopic (exact) mass is 483 g/mol. The fourth-order valence-corrected chi connectivity index (χ4v) is 6.38. The number of thiophene rings is 1. The van der Waals surface area contributed by atoms with Gasteiger partial charge in [-0.1, -0.05) is 6.07 Å². The van der Waals surface area contributed by atoms with Crippen molar-refractivity contribution in [2.24, 2.45) is 8.14 Å². The molecule has 0 bridgehead atoms. The minimum atomic E-state index is -0.374. The topological polar surface area (TPSA) is 55.2 Å². The van der Waals surface area contributed by atoms with Crippen molar-refractivity contribution in [2.75, 3.05) is 20.8 Å². The summed E-state index contributed by atoms with van der Waals surface area (Å²) in [7, 11) is 3.33. The fraction of sp³-hybridized carbons (Fsp3) is 0.421. The van der Waals surface area contributed by atoms with Crippen molar-refractivity contribution in [1.29, 1.82) is 0 Å². The summed E-state index contributed by atoms with van der Waals surface area (Å²) in [5, 5.41) is 1.22. The molecule has 2 aliphatic rings. The molecule has 1 N–H and O–H groups in total. The fourth-order valence-electron chi connectivity index (χ4n) is 3.44. The van der Waals surface area contributed by atoms with Gasteiger partial charge in [0, 0.05) is 11.4 Å². The zero-order valence-electron chi connectivity index (χ0n) is 15.0. The van der Waals surface area contributed by atoms with E-state index in [2.05, 4.69) is 9.60 Å². The van der Waals surface area contributed by atoms with E-state index < -0.39 is 0 Å². The molecular weight excluding hydrogens is 461 g/mol. The number of aliphatic imine (C=N–C) groups is 1. The second-order valence-electron chi connectivity index (χ2n) is 6.32. The van der Waals surface area contributed by atoms with Crippen LogP contribution in [-0.2, 0) is 19.3 Å². The van der Waals surface area contributed by atoms with Gasteiger partial charge in [0.1, 0.15) is 32.1 Å². The number of methoxy groups -OCH3 is 2. The Bertz CT molecular complexity index is 876. The number of benzene rings is 1. The minimum Gasteiger partial charge on any atom is -0.493 e. The van der Waals surface area contributed by atoms with Crippen LogP contribution in [0.5, 0.6) is 11.5 Å². The van der Waals surface area contributed by atoms with Crippen LogP contribution < -0.4 is 13.0 Å². The summed E-state index contributed by atoms with van der Waals surface area (Å²) in [5.74, 6) is 2.60. The number of nitrogens with one attached hydrogen (secondary N) is 1. The second kappa shape index (κ2) is 8.04. The molecule has 1 aliphatic heterocycles. The van der Waals surface area contributed by atoms with Crippen molar-refractivity contribution < 1.29 is 9.47 Å². The normalized spacial score (nSPS) is 17.1. The lowest BCUT2D eigenvalue weighted by molar-refractivity contribution is 0.354. The van der Waals surface area contributed by atoms with E-state index in [1.165, 1.54) is 52.3 Å². The first kappa shape index (κ1) is 17.9. The lowest BCUT2D eigenvalue weighted by Gasteiger charge is -2.15. The molecule has 0 radical (unpaired) electrons. The lowest BCUT2D eigenvalue weighted by atomic mass is 9.95. The van der Waals surface area contributed by atoms with Crippen molar-refractivity contribution in [1.82, 2.24) is 3.53 Å². The van der Waals surface area contributed by atoms with Gasteiger partial charge in [-0.3, -0.25) is 4.99 Å². The second-order valence-corrected chi connectivity index (χ2v) is 8.91. The van der Waals surface area contributed by atoms with Crippen LogP contribution in [0.25, 0.3) is 0 Å². The van der Waals surface area contributed by atoms with E-state index in [-0.39, 0.29) is 21.3 Å². The highest BCUT2D eigenvalue weighted by Crippen LogP contribution is 2.43. The van der Waals surface area contributed by atoms with Gasteiger partial charge in [0.25, 0.3) is 0 Å². The number of ether oxygens (including phenoxy) is 2. The molecule has 0 unspecified atom stereocenters. The van der Waals surface area contributed by atoms with Gasteiger partial charge in [-0.15, -0.1) is 11.3 Å². The summed E-state index contributed by atoms with van der Waals surface area (Å²) in [6, 6.07) is 6.07. The van der Waals surface area contributed by atoms with E-state index in [1.54, 1.807) is 14.2 Å². The highest BCUT2D eigenvalue weighted by molar-refractivity contribution is 14.1. The summed E-state index contributed by atoms with van der Waals surface area (Å²) < 4.78 is 19.0. The van der Waals surface area contributed by atoms with Gasteiger partial charge in [0.15, 0.2) is 11.5 Å². The molecule has 5 nitrogen and oxygen atoms in total. The SMILES string of the molecule is COc1ccc(CCN=C2NI=Nc3sc4c(c32)CCCC4)cc1OC. The molecule has 7 heteroatoms. The predicted octanol–water partition coefficient (Wildman–Crippen LogP) is 4.94. The number of aryl methyl sites for hydroxylation is 1. The summed E-state index contributed by atoms with van der Waals surface area (Å²) >= 11 is 1.52. The predicted molar refractivity (Wildman–Crippen MR) is 115 cm³/mol. The molecule has 2 heterocycles. The molecule has 2 aromatic rings. The third kappa shape index (κ3) is 3.51. The zero-order valence-corrected chi connectivity index (χ0v) is 17.9. The van der Waals surface area contributed by atoms with Crippen LogP contribution in [0.4, 0.5) is 5.00 Å². The molecule has 138 valence electrons. The Balaban J connectivity index is 1.52. The molecule has 0 saturated heterocycles. The maximum atomic E-state index is 5.39. The number of rotatable bonds is 5. The number of hydrogen-bond acceptors (Lipinski definition) is 5. The van der Waals surface area contributed by atoms with E-state index in [9.17, 15) is 0 Å². The van der Waals surface area contributed by atoms with Gasteiger partial charge in [0.05, 0.1) is 19.8 Å². The van der Waals surface area contributed by atoms with Crippen LogP contribution >= 0.6 is 32.6 Å². The zero-order chi connectivity index (χ0) is 17.9. The number of halogens is 1. The smallest absolute Gasteiger partial charge is 0.160 e. The van der Waals surface area contributed by atoms with E-state index in [0.717, 1.165) is 30.3 Å². The molecule has 26 heavy (non-hydrogen) atoms. The third-order valence-electron chi connectivity index (χ3n) is 4.76. The Labute approximate surface area is 168 Å².